The smallest absolute Gasteiger partial charge is 0.342 e. The molecule has 8 aliphatic carbocycles. The molecule has 1 saturated heterocycles. The average Bonchev–Trinajstić information content (AvgIpc) is 3.29. The van der Waals surface area contributed by atoms with Crippen molar-refractivity contribution >= 4 is 28.8 Å². The number of hydrogen-bond donors (Lipinski definition) is 0. The Morgan fingerprint density at radius 1 is 1.00 bits per heavy atom. The van der Waals surface area contributed by atoms with Crippen LogP contribution >= 0.6 is 11.3 Å². The van der Waals surface area contributed by atoms with E-state index in [2.05, 4.69) is 11.4 Å². The summed E-state index contributed by atoms with van der Waals surface area (Å²) in [6.07, 6.45) is 6.79. The molecule has 1 aromatic heterocycles. The zero-order valence-electron chi connectivity index (χ0n) is 16.0. The van der Waals surface area contributed by atoms with Crippen LogP contribution in [0.25, 0.3) is 5.57 Å². The van der Waals surface area contributed by atoms with Gasteiger partial charge >= 0.3 is 11.9 Å². The highest BCUT2D eigenvalue weighted by Gasteiger charge is 2.76. The van der Waals surface area contributed by atoms with Gasteiger partial charge in [-0.1, -0.05) is 0 Å². The summed E-state index contributed by atoms with van der Waals surface area (Å²) in [6, 6.07) is 2.20. The first-order chi connectivity index (χ1) is 13.6. The largest absolute Gasteiger partial charge is 0.389 e. The van der Waals surface area contributed by atoms with Crippen LogP contribution in [0.3, 0.4) is 0 Å². The number of hydrogen-bond acceptors (Lipinski definition) is 4. The van der Waals surface area contributed by atoms with E-state index >= 15 is 0 Å². The van der Waals surface area contributed by atoms with Crippen LogP contribution in [0, 0.1) is 53.3 Å². The molecule has 0 N–H and O–H groups in total. The van der Waals surface area contributed by atoms with Gasteiger partial charge in [-0.3, -0.25) is 4.79 Å². The van der Waals surface area contributed by atoms with E-state index in [-0.39, 0.29) is 23.3 Å². The van der Waals surface area contributed by atoms with E-state index in [1.165, 1.54) is 42.5 Å². The number of carbonyl (C=O) groups excluding carboxylic acids is 2. The van der Waals surface area contributed by atoms with Gasteiger partial charge in [-0.2, -0.15) is 0 Å². The molecule has 4 unspecified atom stereocenters. The highest BCUT2D eigenvalue weighted by atomic mass is 32.1. The fourth-order valence-electron chi connectivity index (χ4n) is 10.3. The second-order valence-electron chi connectivity index (χ2n) is 10.9. The highest BCUT2D eigenvalue weighted by Crippen LogP contribution is 2.79. The number of cyclic esters (lactones) is 2. The molecule has 7 saturated carbocycles. The monoisotopic (exact) mass is 392 g/mol. The summed E-state index contributed by atoms with van der Waals surface area (Å²) in [5.41, 5.74) is 2.81. The van der Waals surface area contributed by atoms with Crippen molar-refractivity contribution in [1.29, 1.82) is 0 Å². The van der Waals surface area contributed by atoms with E-state index in [0.29, 0.717) is 17.4 Å². The van der Waals surface area contributed by atoms with Crippen LogP contribution in [0.5, 0.6) is 0 Å². The molecule has 3 nitrogen and oxygen atoms in total. The molecule has 4 heteroatoms. The van der Waals surface area contributed by atoms with E-state index in [1.54, 1.807) is 0 Å². The Hall–Kier alpha value is -1.42. The lowest BCUT2D eigenvalue weighted by atomic mass is 9.28. The van der Waals surface area contributed by atoms with Crippen molar-refractivity contribution in [1.82, 2.24) is 0 Å². The number of carbonyl (C=O) groups is 2. The first-order valence-electron chi connectivity index (χ1n) is 11.2. The molecule has 2 heterocycles. The minimum atomic E-state index is -0.356. The third kappa shape index (κ3) is 1.35. The van der Waals surface area contributed by atoms with E-state index < -0.39 is 0 Å². The number of ether oxygens (including phenoxy) is 1. The first kappa shape index (κ1) is 15.4. The van der Waals surface area contributed by atoms with Gasteiger partial charge in [0.2, 0.25) is 0 Å². The summed E-state index contributed by atoms with van der Waals surface area (Å²) in [6.45, 7) is 2.03. The molecule has 10 atom stereocenters. The van der Waals surface area contributed by atoms with Gasteiger partial charge < -0.3 is 4.74 Å². The SMILES string of the molecule is CC1=C2C(=O)OC(=O)[C@@H]2[C@@]2(c3sccc31)C1CC3C4C[C@@H]5CC3[C@H]2[C@@H](C5)[C@H]4C1. The second-order valence-corrected chi connectivity index (χ2v) is 11.8. The predicted molar refractivity (Wildman–Crippen MR) is 104 cm³/mol. The van der Waals surface area contributed by atoms with Gasteiger partial charge in [-0.05, 0) is 109 Å². The van der Waals surface area contributed by atoms with E-state index in [9.17, 15) is 9.59 Å². The zero-order chi connectivity index (χ0) is 18.5. The van der Waals surface area contributed by atoms with Crippen LogP contribution in [0.15, 0.2) is 17.0 Å². The summed E-state index contributed by atoms with van der Waals surface area (Å²) < 4.78 is 5.33. The molecule has 8 bridgehead atoms. The van der Waals surface area contributed by atoms with Gasteiger partial charge in [0, 0.05) is 10.3 Å². The maximum absolute atomic E-state index is 13.2. The van der Waals surface area contributed by atoms with Gasteiger partial charge in [-0.15, -0.1) is 11.3 Å². The molecule has 1 spiro atoms. The number of esters is 2. The van der Waals surface area contributed by atoms with Crippen molar-refractivity contribution in [2.45, 2.75) is 44.4 Å². The predicted octanol–water partition coefficient (Wildman–Crippen LogP) is 4.42. The number of thiophene rings is 1. The second kappa shape index (κ2) is 4.50. The molecular formula is C24H24O3S. The quantitative estimate of drug-likeness (QED) is 0.485. The van der Waals surface area contributed by atoms with E-state index in [1.807, 2.05) is 18.3 Å². The van der Waals surface area contributed by atoms with Crippen molar-refractivity contribution in [2.24, 2.45) is 53.3 Å². The average molecular weight is 393 g/mol. The summed E-state index contributed by atoms with van der Waals surface area (Å²) >= 11 is 1.86. The Balaban J connectivity index is 1.45. The Bertz CT molecular complexity index is 995. The van der Waals surface area contributed by atoms with Crippen molar-refractivity contribution in [3.63, 3.8) is 0 Å². The Kier molecular flexibility index (Phi) is 2.48. The van der Waals surface area contributed by atoms with Gasteiger partial charge in [0.25, 0.3) is 0 Å². The van der Waals surface area contributed by atoms with Crippen LogP contribution in [-0.2, 0) is 19.7 Å². The zero-order valence-corrected chi connectivity index (χ0v) is 16.8. The van der Waals surface area contributed by atoms with Crippen molar-refractivity contribution in [3.05, 3.63) is 27.5 Å². The normalized spacial score (nSPS) is 54.0. The third-order valence-electron chi connectivity index (χ3n) is 10.6. The van der Waals surface area contributed by atoms with Crippen LogP contribution in [0.4, 0.5) is 0 Å². The summed E-state index contributed by atoms with van der Waals surface area (Å²) in [5.74, 6) is 5.42. The molecule has 8 fully saturated rings. The Morgan fingerprint density at radius 3 is 2.43 bits per heavy atom. The molecule has 1 aliphatic heterocycles. The summed E-state index contributed by atoms with van der Waals surface area (Å²) in [5, 5.41) is 2.20. The van der Waals surface area contributed by atoms with Crippen molar-refractivity contribution in [3.8, 4) is 0 Å². The topological polar surface area (TPSA) is 43.4 Å². The van der Waals surface area contributed by atoms with Crippen LogP contribution < -0.4 is 0 Å². The minimum Gasteiger partial charge on any atom is -0.389 e. The van der Waals surface area contributed by atoms with E-state index in [4.69, 9.17) is 4.74 Å². The molecule has 0 aromatic carbocycles. The minimum absolute atomic E-state index is 0.156. The standard InChI is InChI=1S/C24H24O3S/c1-9-12-2-3-28-21(12)24(20-18(9)22(25)27-23(20)26)11-7-14-13-4-10-5-16(14)19(24)17(6-10)15(13)8-11/h2-3,10-11,13-17,19-20H,4-8H2,1H3/t10-,11?,13?,14-,15?,16-,17?,19+,20+,24+/m0/s1. The number of allylic oxidation sites excluding steroid dienone is 1. The highest BCUT2D eigenvalue weighted by molar-refractivity contribution is 7.10. The van der Waals surface area contributed by atoms with Crippen molar-refractivity contribution in [2.75, 3.05) is 0 Å². The molecule has 28 heavy (non-hydrogen) atoms. The molecule has 9 aliphatic rings. The van der Waals surface area contributed by atoms with Crippen molar-refractivity contribution < 1.29 is 14.3 Å². The number of rotatable bonds is 0. The maximum atomic E-state index is 13.2. The molecule has 1 aromatic rings. The Morgan fingerprint density at radius 2 is 1.68 bits per heavy atom. The fourth-order valence-corrected chi connectivity index (χ4v) is 11.6. The van der Waals surface area contributed by atoms with E-state index in [0.717, 1.165) is 41.1 Å². The fraction of sp³-hybridized carbons (Fsp3) is 0.667. The van der Waals surface area contributed by atoms with Crippen LogP contribution in [0.1, 0.15) is 49.5 Å². The van der Waals surface area contributed by atoms with Gasteiger partial charge in [0.1, 0.15) is 5.92 Å². The third-order valence-corrected chi connectivity index (χ3v) is 11.6. The maximum Gasteiger partial charge on any atom is 0.342 e. The lowest BCUT2D eigenvalue weighted by molar-refractivity contribution is -0.248. The molecule has 10 rings (SSSR count). The Labute approximate surface area is 168 Å². The van der Waals surface area contributed by atoms with Gasteiger partial charge in [0.15, 0.2) is 0 Å². The summed E-state index contributed by atoms with van der Waals surface area (Å²) in [7, 11) is 0. The molecular weight excluding hydrogens is 368 g/mol. The summed E-state index contributed by atoms with van der Waals surface area (Å²) in [4.78, 5) is 27.4. The van der Waals surface area contributed by atoms with Gasteiger partial charge in [0.05, 0.1) is 5.57 Å². The lowest BCUT2D eigenvalue weighted by Crippen LogP contribution is -2.72. The van der Waals surface area contributed by atoms with Crippen LogP contribution in [-0.4, -0.2) is 11.9 Å². The number of fused-ring (bicyclic) bond motifs is 2. The lowest BCUT2D eigenvalue weighted by Gasteiger charge is -2.76. The van der Waals surface area contributed by atoms with Crippen LogP contribution in [0.2, 0.25) is 0 Å². The molecule has 144 valence electrons. The molecule has 0 radical (unpaired) electrons. The first-order valence-corrected chi connectivity index (χ1v) is 12.0. The van der Waals surface area contributed by atoms with Gasteiger partial charge in [-0.25, -0.2) is 4.79 Å². The molecule has 0 amide bonds.